The van der Waals surface area contributed by atoms with Crippen molar-refractivity contribution in [2.24, 2.45) is 5.92 Å². The van der Waals surface area contributed by atoms with E-state index in [1.807, 2.05) is 19.1 Å². The molecule has 170 valence electrons. The van der Waals surface area contributed by atoms with Crippen LogP contribution in [0.5, 0.6) is 0 Å². The van der Waals surface area contributed by atoms with Crippen LogP contribution in [0.25, 0.3) is 22.7 Å². The molecule has 0 radical (unpaired) electrons. The molecule has 1 saturated carbocycles. The van der Waals surface area contributed by atoms with Crippen LogP contribution in [-0.4, -0.2) is 31.7 Å². The fraction of sp³-hybridized carbons (Fsp3) is 0.346. The Bertz CT molecular complexity index is 1270. The van der Waals surface area contributed by atoms with Gasteiger partial charge >= 0.3 is 5.97 Å². The largest absolute Gasteiger partial charge is 0.481 e. The van der Waals surface area contributed by atoms with E-state index < -0.39 is 5.97 Å². The Balaban J connectivity index is 1.37. The molecule has 0 unspecified atom stereocenters. The number of aromatic nitrogens is 3. The first kappa shape index (κ1) is 21.2. The number of fused-ring (bicyclic) bond motifs is 1. The van der Waals surface area contributed by atoms with Gasteiger partial charge in [0.05, 0.1) is 18.7 Å². The Morgan fingerprint density at radius 3 is 2.55 bits per heavy atom. The zero-order valence-electron chi connectivity index (χ0n) is 18.9. The van der Waals surface area contributed by atoms with E-state index in [9.17, 15) is 9.90 Å². The van der Waals surface area contributed by atoms with Crippen molar-refractivity contribution in [1.29, 1.82) is 0 Å². The van der Waals surface area contributed by atoms with E-state index in [-0.39, 0.29) is 5.92 Å². The predicted octanol–water partition coefficient (Wildman–Crippen LogP) is 5.41. The lowest BCUT2D eigenvalue weighted by Crippen LogP contribution is -2.29. The molecule has 7 heteroatoms. The van der Waals surface area contributed by atoms with Crippen molar-refractivity contribution in [3.63, 3.8) is 0 Å². The summed E-state index contributed by atoms with van der Waals surface area (Å²) in [6.07, 6.45) is 4.91. The number of carbonyl (C=O) groups is 1. The third-order valence-electron chi connectivity index (χ3n) is 6.51. The van der Waals surface area contributed by atoms with E-state index in [1.54, 1.807) is 6.26 Å². The quantitative estimate of drug-likeness (QED) is 0.413. The van der Waals surface area contributed by atoms with E-state index in [4.69, 9.17) is 14.4 Å². The SMILES string of the molecule is Cc1cc(C)c2nc(-c3ccco3)n(Cc3ccc(NC4CCC(C(=O)O)CC4)cc3)c2n1. The first-order valence-electron chi connectivity index (χ1n) is 11.4. The number of nitrogens with one attached hydrogen (secondary N) is 1. The normalized spacial score (nSPS) is 18.5. The number of hydrogen-bond donors (Lipinski definition) is 2. The molecule has 2 N–H and O–H groups in total. The van der Waals surface area contributed by atoms with Gasteiger partial charge in [-0.1, -0.05) is 12.1 Å². The number of hydrogen-bond acceptors (Lipinski definition) is 5. The van der Waals surface area contributed by atoms with Crippen LogP contribution in [0.15, 0.2) is 53.1 Å². The monoisotopic (exact) mass is 444 g/mol. The van der Waals surface area contributed by atoms with Crippen molar-refractivity contribution in [3.05, 3.63) is 65.5 Å². The second kappa shape index (κ2) is 8.73. The van der Waals surface area contributed by atoms with Gasteiger partial charge < -0.3 is 19.4 Å². The van der Waals surface area contributed by atoms with Gasteiger partial charge in [-0.2, -0.15) is 0 Å². The van der Waals surface area contributed by atoms with Crippen LogP contribution < -0.4 is 5.32 Å². The number of pyridine rings is 1. The van der Waals surface area contributed by atoms with Gasteiger partial charge in [-0.25, -0.2) is 9.97 Å². The molecule has 0 amide bonds. The summed E-state index contributed by atoms with van der Waals surface area (Å²) < 4.78 is 7.78. The number of aryl methyl sites for hydroxylation is 2. The van der Waals surface area contributed by atoms with E-state index in [1.165, 1.54) is 0 Å². The standard InChI is InChI=1S/C26H28N4O3/c1-16-14-17(2)27-25-23(16)29-24(22-4-3-13-33-22)30(25)15-18-5-9-20(10-6-18)28-21-11-7-19(8-12-21)26(31)32/h3-6,9-10,13-14,19,21,28H,7-8,11-12,15H2,1-2H3,(H,31,32). The van der Waals surface area contributed by atoms with E-state index in [0.717, 1.165) is 70.9 Å². The second-order valence-electron chi connectivity index (χ2n) is 8.98. The fourth-order valence-electron chi connectivity index (χ4n) is 4.76. The van der Waals surface area contributed by atoms with Crippen LogP contribution in [0.1, 0.15) is 42.5 Å². The molecule has 5 rings (SSSR count). The summed E-state index contributed by atoms with van der Waals surface area (Å²) >= 11 is 0. The molecule has 0 bridgehead atoms. The lowest BCUT2D eigenvalue weighted by molar-refractivity contribution is -0.142. The second-order valence-corrected chi connectivity index (χ2v) is 8.98. The molecule has 1 fully saturated rings. The first-order valence-corrected chi connectivity index (χ1v) is 11.4. The molecule has 3 heterocycles. The highest BCUT2D eigenvalue weighted by molar-refractivity contribution is 5.79. The predicted molar refractivity (Wildman–Crippen MR) is 127 cm³/mol. The molecule has 7 nitrogen and oxygen atoms in total. The third kappa shape index (κ3) is 4.35. The first-order chi connectivity index (χ1) is 16.0. The molecule has 0 aliphatic heterocycles. The van der Waals surface area contributed by atoms with Crippen molar-refractivity contribution in [2.45, 2.75) is 52.1 Å². The minimum Gasteiger partial charge on any atom is -0.481 e. The number of furan rings is 1. The average molecular weight is 445 g/mol. The van der Waals surface area contributed by atoms with Gasteiger partial charge in [0, 0.05) is 17.4 Å². The number of rotatable bonds is 6. The molecular weight excluding hydrogens is 416 g/mol. The van der Waals surface area contributed by atoms with Gasteiger partial charge in [-0.15, -0.1) is 0 Å². The zero-order valence-corrected chi connectivity index (χ0v) is 18.9. The average Bonchev–Trinajstić information content (AvgIpc) is 3.44. The lowest BCUT2D eigenvalue weighted by Gasteiger charge is -2.27. The number of nitrogens with zero attached hydrogens (tertiary/aromatic N) is 3. The van der Waals surface area contributed by atoms with Gasteiger partial charge in [-0.05, 0) is 81.0 Å². The number of carboxylic acids is 1. The van der Waals surface area contributed by atoms with Crippen LogP contribution in [-0.2, 0) is 11.3 Å². The Morgan fingerprint density at radius 2 is 1.88 bits per heavy atom. The number of aliphatic carboxylic acids is 1. The summed E-state index contributed by atoms with van der Waals surface area (Å²) in [5.74, 6) is 0.632. The molecule has 1 aliphatic rings. The maximum atomic E-state index is 11.2. The van der Waals surface area contributed by atoms with Crippen LogP contribution in [0, 0.1) is 19.8 Å². The maximum Gasteiger partial charge on any atom is 0.306 e. The van der Waals surface area contributed by atoms with E-state index in [2.05, 4.69) is 47.1 Å². The molecule has 0 atom stereocenters. The summed E-state index contributed by atoms with van der Waals surface area (Å²) in [5.41, 5.74) is 6.01. The number of imidazole rings is 1. The Morgan fingerprint density at radius 1 is 1.12 bits per heavy atom. The minimum atomic E-state index is -0.668. The van der Waals surface area contributed by atoms with Gasteiger partial charge in [-0.3, -0.25) is 4.79 Å². The molecule has 0 saturated heterocycles. The van der Waals surface area contributed by atoms with Gasteiger partial charge in [0.1, 0.15) is 5.52 Å². The zero-order chi connectivity index (χ0) is 22.9. The minimum absolute atomic E-state index is 0.195. The highest BCUT2D eigenvalue weighted by Gasteiger charge is 2.25. The smallest absolute Gasteiger partial charge is 0.306 e. The topological polar surface area (TPSA) is 93.2 Å². The van der Waals surface area contributed by atoms with Crippen molar-refractivity contribution in [1.82, 2.24) is 14.5 Å². The van der Waals surface area contributed by atoms with Crippen molar-refractivity contribution in [3.8, 4) is 11.6 Å². The molecule has 1 aromatic carbocycles. The number of carboxylic acid groups (broad SMARTS) is 1. The van der Waals surface area contributed by atoms with Crippen LogP contribution >= 0.6 is 0 Å². The summed E-state index contributed by atoms with van der Waals surface area (Å²) in [7, 11) is 0. The number of anilines is 1. The van der Waals surface area contributed by atoms with Crippen molar-refractivity contribution < 1.29 is 14.3 Å². The summed E-state index contributed by atoms with van der Waals surface area (Å²) in [4.78, 5) is 20.8. The fourth-order valence-corrected chi connectivity index (χ4v) is 4.76. The maximum absolute atomic E-state index is 11.2. The molecule has 33 heavy (non-hydrogen) atoms. The summed E-state index contributed by atoms with van der Waals surface area (Å²) in [6.45, 7) is 4.69. The van der Waals surface area contributed by atoms with Gasteiger partial charge in [0.25, 0.3) is 0 Å². The molecule has 0 spiro atoms. The summed E-state index contributed by atoms with van der Waals surface area (Å²) in [5, 5.41) is 12.8. The van der Waals surface area contributed by atoms with E-state index in [0.29, 0.717) is 12.6 Å². The van der Waals surface area contributed by atoms with Crippen LogP contribution in [0.2, 0.25) is 0 Å². The Kier molecular flexibility index (Phi) is 5.62. The van der Waals surface area contributed by atoms with Crippen molar-refractivity contribution in [2.75, 3.05) is 5.32 Å². The molecule has 3 aromatic heterocycles. The van der Waals surface area contributed by atoms with Crippen molar-refractivity contribution >= 4 is 22.8 Å². The highest BCUT2D eigenvalue weighted by atomic mass is 16.4. The summed E-state index contributed by atoms with van der Waals surface area (Å²) in [6, 6.07) is 14.6. The highest BCUT2D eigenvalue weighted by Crippen LogP contribution is 2.29. The third-order valence-corrected chi connectivity index (χ3v) is 6.51. The Labute approximate surface area is 192 Å². The van der Waals surface area contributed by atoms with E-state index >= 15 is 0 Å². The van der Waals surface area contributed by atoms with Gasteiger partial charge in [0.2, 0.25) is 0 Å². The Hall–Kier alpha value is -3.61. The molecule has 4 aromatic rings. The van der Waals surface area contributed by atoms with Gasteiger partial charge in [0.15, 0.2) is 17.2 Å². The molecular formula is C26H28N4O3. The number of benzene rings is 1. The molecule has 1 aliphatic carbocycles. The lowest BCUT2D eigenvalue weighted by atomic mass is 9.86. The van der Waals surface area contributed by atoms with Crippen LogP contribution in [0.3, 0.4) is 0 Å². The van der Waals surface area contributed by atoms with Crippen LogP contribution in [0.4, 0.5) is 5.69 Å².